The van der Waals surface area contributed by atoms with E-state index < -0.39 is 0 Å². The second-order valence-electron chi connectivity index (χ2n) is 4.38. The molecule has 0 saturated carbocycles. The highest BCUT2D eigenvalue weighted by molar-refractivity contribution is 5.28. The van der Waals surface area contributed by atoms with E-state index in [1.807, 2.05) is 6.07 Å². The van der Waals surface area contributed by atoms with Gasteiger partial charge in [0.15, 0.2) is 0 Å². The molecule has 1 saturated heterocycles. The third-order valence-corrected chi connectivity index (χ3v) is 3.31. The normalized spacial score (nSPS) is 16.9. The number of halogens is 1. The Kier molecular flexibility index (Phi) is 3.91. The molecule has 0 spiro atoms. The van der Waals surface area contributed by atoms with Gasteiger partial charge in [-0.2, -0.15) is 0 Å². The molecule has 0 atom stereocenters. The zero-order valence-corrected chi connectivity index (χ0v) is 9.58. The fourth-order valence-corrected chi connectivity index (χ4v) is 2.35. The summed E-state index contributed by atoms with van der Waals surface area (Å²) < 4.78 is 13.6. The van der Waals surface area contributed by atoms with Crippen LogP contribution >= 0.6 is 0 Å². The fourth-order valence-electron chi connectivity index (χ4n) is 2.35. The zero-order valence-electron chi connectivity index (χ0n) is 9.58. The Morgan fingerprint density at radius 1 is 1.25 bits per heavy atom. The summed E-state index contributed by atoms with van der Waals surface area (Å²) in [5, 5.41) is 0. The van der Waals surface area contributed by atoms with Crippen LogP contribution in [0.2, 0.25) is 0 Å². The number of nitrogens with two attached hydrogens (primary N) is 1. The van der Waals surface area contributed by atoms with Crippen LogP contribution in [0.25, 0.3) is 0 Å². The fraction of sp³-hybridized carbons (Fsp3) is 0.538. The molecule has 1 fully saturated rings. The first-order valence-corrected chi connectivity index (χ1v) is 6.00. The minimum atomic E-state index is -0.109. The van der Waals surface area contributed by atoms with Crippen molar-refractivity contribution in [3.8, 4) is 0 Å². The van der Waals surface area contributed by atoms with Crippen LogP contribution in [-0.2, 0) is 13.0 Å². The van der Waals surface area contributed by atoms with E-state index in [2.05, 4.69) is 4.90 Å². The van der Waals surface area contributed by atoms with Crippen LogP contribution in [0.4, 0.5) is 4.39 Å². The molecule has 0 aromatic heterocycles. The molecule has 2 N–H and O–H groups in total. The lowest BCUT2D eigenvalue weighted by Gasteiger charge is -2.16. The van der Waals surface area contributed by atoms with E-state index in [9.17, 15) is 4.39 Å². The predicted octanol–water partition coefficient (Wildman–Crippen LogP) is 1.92. The van der Waals surface area contributed by atoms with Gasteiger partial charge >= 0.3 is 0 Å². The number of rotatable bonds is 4. The van der Waals surface area contributed by atoms with Crippen molar-refractivity contribution in [1.29, 1.82) is 0 Å². The molecule has 0 bridgehead atoms. The van der Waals surface area contributed by atoms with Crippen molar-refractivity contribution in [3.63, 3.8) is 0 Å². The largest absolute Gasteiger partial charge is 0.326 e. The van der Waals surface area contributed by atoms with Gasteiger partial charge in [0.1, 0.15) is 5.82 Å². The van der Waals surface area contributed by atoms with E-state index in [1.54, 1.807) is 6.07 Å². The summed E-state index contributed by atoms with van der Waals surface area (Å²) in [4.78, 5) is 2.40. The molecule has 1 aromatic rings. The highest BCUT2D eigenvalue weighted by Gasteiger charge is 2.13. The standard InChI is InChI=1S/C13H19FN2/c14-13-5-3-4-11(10-15)12(13)6-9-16-7-1-2-8-16/h3-5H,1-2,6-10,15H2. The minimum absolute atomic E-state index is 0.109. The van der Waals surface area contributed by atoms with Crippen LogP contribution in [0.15, 0.2) is 18.2 Å². The molecule has 0 radical (unpaired) electrons. The second kappa shape index (κ2) is 5.41. The lowest BCUT2D eigenvalue weighted by Crippen LogP contribution is -2.23. The number of likely N-dealkylation sites (tertiary alicyclic amines) is 1. The maximum absolute atomic E-state index is 13.6. The molecule has 88 valence electrons. The number of hydrogen-bond acceptors (Lipinski definition) is 2. The molecule has 0 unspecified atom stereocenters. The molecule has 0 amide bonds. The third kappa shape index (κ3) is 2.60. The third-order valence-electron chi connectivity index (χ3n) is 3.31. The average molecular weight is 222 g/mol. The predicted molar refractivity (Wildman–Crippen MR) is 63.7 cm³/mol. The van der Waals surface area contributed by atoms with E-state index in [4.69, 9.17) is 5.73 Å². The van der Waals surface area contributed by atoms with Crippen LogP contribution in [0.5, 0.6) is 0 Å². The minimum Gasteiger partial charge on any atom is -0.326 e. The first-order chi connectivity index (χ1) is 7.81. The number of nitrogens with zero attached hydrogens (tertiary/aromatic N) is 1. The van der Waals surface area contributed by atoms with Gasteiger partial charge in [-0.15, -0.1) is 0 Å². The van der Waals surface area contributed by atoms with Crippen molar-refractivity contribution in [2.45, 2.75) is 25.8 Å². The molecule has 1 aromatic carbocycles. The van der Waals surface area contributed by atoms with Gasteiger partial charge in [0.05, 0.1) is 0 Å². The Bertz CT molecular complexity index is 346. The van der Waals surface area contributed by atoms with Crippen LogP contribution in [0.3, 0.4) is 0 Å². The monoisotopic (exact) mass is 222 g/mol. The van der Waals surface area contributed by atoms with E-state index in [0.717, 1.165) is 37.2 Å². The highest BCUT2D eigenvalue weighted by Crippen LogP contribution is 2.16. The van der Waals surface area contributed by atoms with Crippen molar-refractivity contribution >= 4 is 0 Å². The molecule has 0 aliphatic carbocycles. The Balaban J connectivity index is 2.01. The van der Waals surface area contributed by atoms with Crippen LogP contribution in [-0.4, -0.2) is 24.5 Å². The van der Waals surface area contributed by atoms with Gasteiger partial charge in [0.25, 0.3) is 0 Å². The number of hydrogen-bond donors (Lipinski definition) is 1. The summed E-state index contributed by atoms with van der Waals surface area (Å²) in [5.74, 6) is -0.109. The van der Waals surface area contributed by atoms with Crippen molar-refractivity contribution in [1.82, 2.24) is 4.90 Å². The van der Waals surface area contributed by atoms with E-state index in [1.165, 1.54) is 18.9 Å². The first-order valence-electron chi connectivity index (χ1n) is 6.00. The quantitative estimate of drug-likeness (QED) is 0.843. The summed E-state index contributed by atoms with van der Waals surface area (Å²) in [6, 6.07) is 5.18. The van der Waals surface area contributed by atoms with Crippen molar-refractivity contribution in [2.75, 3.05) is 19.6 Å². The molecule has 1 heterocycles. The summed E-state index contributed by atoms with van der Waals surface area (Å²) in [5.41, 5.74) is 7.37. The summed E-state index contributed by atoms with van der Waals surface area (Å²) in [6.45, 7) is 3.69. The van der Waals surface area contributed by atoms with Crippen LogP contribution in [0.1, 0.15) is 24.0 Å². The van der Waals surface area contributed by atoms with Crippen LogP contribution in [0, 0.1) is 5.82 Å². The first kappa shape index (κ1) is 11.6. The average Bonchev–Trinajstić information content (AvgIpc) is 2.80. The Labute approximate surface area is 96.2 Å². The van der Waals surface area contributed by atoms with E-state index in [-0.39, 0.29) is 5.82 Å². The smallest absolute Gasteiger partial charge is 0.126 e. The van der Waals surface area contributed by atoms with Crippen molar-refractivity contribution in [3.05, 3.63) is 35.1 Å². The Morgan fingerprint density at radius 2 is 2.00 bits per heavy atom. The molecular weight excluding hydrogens is 203 g/mol. The second-order valence-corrected chi connectivity index (χ2v) is 4.38. The molecule has 16 heavy (non-hydrogen) atoms. The molecular formula is C13H19FN2. The van der Waals surface area contributed by atoms with Gasteiger partial charge in [-0.1, -0.05) is 12.1 Å². The topological polar surface area (TPSA) is 29.3 Å². The van der Waals surface area contributed by atoms with Gasteiger partial charge in [0.2, 0.25) is 0 Å². The Hall–Kier alpha value is -0.930. The Morgan fingerprint density at radius 3 is 2.69 bits per heavy atom. The lowest BCUT2D eigenvalue weighted by molar-refractivity contribution is 0.341. The number of benzene rings is 1. The van der Waals surface area contributed by atoms with Gasteiger partial charge in [0, 0.05) is 13.1 Å². The summed E-state index contributed by atoms with van der Waals surface area (Å²) in [6.07, 6.45) is 3.33. The SMILES string of the molecule is NCc1cccc(F)c1CCN1CCCC1. The lowest BCUT2D eigenvalue weighted by atomic mass is 10.0. The van der Waals surface area contributed by atoms with Crippen molar-refractivity contribution < 1.29 is 4.39 Å². The maximum Gasteiger partial charge on any atom is 0.126 e. The summed E-state index contributed by atoms with van der Waals surface area (Å²) in [7, 11) is 0. The summed E-state index contributed by atoms with van der Waals surface area (Å²) >= 11 is 0. The van der Waals surface area contributed by atoms with Crippen molar-refractivity contribution in [2.24, 2.45) is 5.73 Å². The van der Waals surface area contributed by atoms with E-state index in [0.29, 0.717) is 6.54 Å². The molecule has 1 aliphatic rings. The van der Waals surface area contributed by atoms with E-state index >= 15 is 0 Å². The molecule has 1 aliphatic heterocycles. The van der Waals surface area contributed by atoms with Gasteiger partial charge < -0.3 is 10.6 Å². The van der Waals surface area contributed by atoms with Gasteiger partial charge in [-0.25, -0.2) is 4.39 Å². The van der Waals surface area contributed by atoms with Gasteiger partial charge in [-0.3, -0.25) is 0 Å². The van der Waals surface area contributed by atoms with Crippen LogP contribution < -0.4 is 5.73 Å². The highest BCUT2D eigenvalue weighted by atomic mass is 19.1. The van der Waals surface area contributed by atoms with Gasteiger partial charge in [-0.05, 0) is 49.5 Å². The molecule has 3 heteroatoms. The molecule has 2 nitrogen and oxygen atoms in total. The molecule has 2 rings (SSSR count). The zero-order chi connectivity index (χ0) is 11.4. The maximum atomic E-state index is 13.6.